The molecule has 0 spiro atoms. The molecule has 0 bridgehead atoms. The van der Waals surface area contributed by atoms with E-state index < -0.39 is 0 Å². The maximum atomic E-state index is 9.90. The first-order chi connectivity index (χ1) is 8.67. The molecule has 4 saturated carbocycles. The molecule has 1 nitrogen and oxygen atoms in total. The highest BCUT2D eigenvalue weighted by molar-refractivity contribution is 5.06. The summed E-state index contributed by atoms with van der Waals surface area (Å²) in [7, 11) is 0. The van der Waals surface area contributed by atoms with E-state index in [-0.39, 0.29) is 6.10 Å². The fourth-order valence-corrected chi connectivity index (χ4v) is 6.68. The van der Waals surface area contributed by atoms with Gasteiger partial charge in [-0.15, -0.1) is 0 Å². The third-order valence-electron chi connectivity index (χ3n) is 7.36. The third-order valence-corrected chi connectivity index (χ3v) is 7.36. The topological polar surface area (TPSA) is 20.2 Å². The minimum Gasteiger partial charge on any atom is -0.393 e. The highest BCUT2D eigenvalue weighted by Gasteiger charge is 2.57. The van der Waals surface area contributed by atoms with Gasteiger partial charge in [0.05, 0.1) is 6.10 Å². The van der Waals surface area contributed by atoms with Crippen molar-refractivity contribution in [3.05, 3.63) is 0 Å². The number of rotatable bonds is 0. The van der Waals surface area contributed by atoms with E-state index in [9.17, 15) is 5.11 Å². The zero-order valence-electron chi connectivity index (χ0n) is 11.8. The lowest BCUT2D eigenvalue weighted by molar-refractivity contribution is 0.000183. The predicted octanol–water partition coefficient (Wildman–Crippen LogP) is 4.00. The summed E-state index contributed by atoms with van der Waals surface area (Å²) in [6.45, 7) is 2.59. The van der Waals surface area contributed by atoms with Crippen molar-refractivity contribution in [2.24, 2.45) is 35.0 Å². The Bertz CT molecular complexity index is 339. The fraction of sp³-hybridized carbons (Fsp3) is 1.00. The molecule has 6 unspecified atom stereocenters. The minimum atomic E-state index is 0.0271. The largest absolute Gasteiger partial charge is 0.393 e. The lowest BCUT2D eigenvalue weighted by atomic mass is 9.61. The second-order valence-corrected chi connectivity index (χ2v) is 8.15. The van der Waals surface area contributed by atoms with E-state index in [1.54, 1.807) is 0 Å². The van der Waals surface area contributed by atoms with E-state index in [4.69, 9.17) is 0 Å². The second kappa shape index (κ2) is 3.98. The average Bonchev–Trinajstić information content (AvgIpc) is 2.82. The molecule has 0 aliphatic heterocycles. The van der Waals surface area contributed by atoms with Gasteiger partial charge in [-0.25, -0.2) is 0 Å². The van der Waals surface area contributed by atoms with Gasteiger partial charge in [-0.1, -0.05) is 13.3 Å². The molecule has 4 aliphatic rings. The lowest BCUT2D eigenvalue weighted by Crippen LogP contribution is -2.39. The lowest BCUT2D eigenvalue weighted by Gasteiger charge is -2.45. The summed E-state index contributed by atoms with van der Waals surface area (Å²) in [4.78, 5) is 0. The summed E-state index contributed by atoms with van der Waals surface area (Å²) in [5, 5.41) is 9.90. The molecule has 0 aromatic carbocycles. The van der Waals surface area contributed by atoms with Gasteiger partial charge in [0.1, 0.15) is 0 Å². The fourth-order valence-electron chi connectivity index (χ4n) is 6.68. The average molecular weight is 248 g/mol. The van der Waals surface area contributed by atoms with E-state index in [2.05, 4.69) is 6.92 Å². The van der Waals surface area contributed by atoms with Crippen LogP contribution >= 0.6 is 0 Å². The van der Waals surface area contributed by atoms with Crippen LogP contribution in [0.15, 0.2) is 0 Å². The Balaban J connectivity index is 1.58. The number of aliphatic hydroxyl groups excluding tert-OH is 1. The second-order valence-electron chi connectivity index (χ2n) is 8.15. The monoisotopic (exact) mass is 248 g/mol. The van der Waals surface area contributed by atoms with Gasteiger partial charge >= 0.3 is 0 Å². The maximum absolute atomic E-state index is 9.90. The van der Waals surface area contributed by atoms with E-state index in [0.29, 0.717) is 5.41 Å². The Hall–Kier alpha value is -0.0400. The van der Waals surface area contributed by atoms with Gasteiger partial charge < -0.3 is 5.11 Å². The summed E-state index contributed by atoms with van der Waals surface area (Å²) in [6.07, 6.45) is 12.5. The standard InChI is InChI=1S/C17H28O/c1-17-8-2-3-16(17)14-6-4-11-9-12(18)5-7-13(11)15(14)10-17/h11-16,18H,2-10H2,1H3/t11?,12?,13?,14?,15?,16?,17-/m0/s1. The van der Waals surface area contributed by atoms with Crippen LogP contribution < -0.4 is 0 Å². The van der Waals surface area contributed by atoms with Gasteiger partial charge in [-0.05, 0) is 86.4 Å². The van der Waals surface area contributed by atoms with E-state index in [0.717, 1.165) is 42.4 Å². The van der Waals surface area contributed by atoms with Gasteiger partial charge in [0.15, 0.2) is 0 Å². The minimum absolute atomic E-state index is 0.0271. The molecule has 18 heavy (non-hydrogen) atoms. The Morgan fingerprint density at radius 3 is 2.67 bits per heavy atom. The molecule has 0 aromatic heterocycles. The van der Waals surface area contributed by atoms with Gasteiger partial charge in [0.2, 0.25) is 0 Å². The summed E-state index contributed by atoms with van der Waals surface area (Å²) in [5.74, 6) is 5.02. The Morgan fingerprint density at radius 2 is 1.78 bits per heavy atom. The van der Waals surface area contributed by atoms with Crippen LogP contribution in [0.5, 0.6) is 0 Å². The zero-order chi connectivity index (χ0) is 12.3. The first-order valence-electron chi connectivity index (χ1n) is 8.35. The van der Waals surface area contributed by atoms with Crippen molar-refractivity contribution in [2.45, 2.75) is 70.8 Å². The molecule has 4 fully saturated rings. The van der Waals surface area contributed by atoms with Crippen LogP contribution in [0.3, 0.4) is 0 Å². The van der Waals surface area contributed by atoms with E-state index in [1.165, 1.54) is 44.9 Å². The van der Waals surface area contributed by atoms with Crippen molar-refractivity contribution in [3.63, 3.8) is 0 Å². The van der Waals surface area contributed by atoms with Crippen molar-refractivity contribution in [3.8, 4) is 0 Å². The molecule has 1 heteroatoms. The zero-order valence-corrected chi connectivity index (χ0v) is 11.8. The number of hydrogen-bond acceptors (Lipinski definition) is 1. The molecular weight excluding hydrogens is 220 g/mol. The smallest absolute Gasteiger partial charge is 0.0543 e. The van der Waals surface area contributed by atoms with Crippen molar-refractivity contribution in [2.75, 3.05) is 0 Å². The van der Waals surface area contributed by atoms with Crippen LogP contribution in [0.2, 0.25) is 0 Å². The van der Waals surface area contributed by atoms with E-state index in [1.807, 2.05) is 0 Å². The van der Waals surface area contributed by atoms with Crippen LogP contribution in [0, 0.1) is 35.0 Å². The molecule has 0 heterocycles. The maximum Gasteiger partial charge on any atom is 0.0543 e. The summed E-state index contributed by atoms with van der Waals surface area (Å²) < 4.78 is 0. The van der Waals surface area contributed by atoms with Crippen LogP contribution in [-0.4, -0.2) is 11.2 Å². The number of hydrogen-bond donors (Lipinski definition) is 1. The first-order valence-corrected chi connectivity index (χ1v) is 8.35. The van der Waals surface area contributed by atoms with Crippen LogP contribution in [-0.2, 0) is 0 Å². The Morgan fingerprint density at radius 1 is 0.944 bits per heavy atom. The SMILES string of the molecule is C[C@@]12CCCC1C1CCC3CC(O)CCC3C1C2. The molecule has 102 valence electrons. The third kappa shape index (κ3) is 1.55. The number of fused-ring (bicyclic) bond motifs is 5. The molecule has 4 rings (SSSR count). The Labute approximate surface area is 111 Å². The summed E-state index contributed by atoms with van der Waals surface area (Å²) in [6, 6.07) is 0. The molecule has 0 aromatic rings. The van der Waals surface area contributed by atoms with Crippen LogP contribution in [0.25, 0.3) is 0 Å². The molecule has 0 saturated heterocycles. The van der Waals surface area contributed by atoms with Gasteiger partial charge in [0, 0.05) is 0 Å². The van der Waals surface area contributed by atoms with Gasteiger partial charge in [-0.2, -0.15) is 0 Å². The van der Waals surface area contributed by atoms with Gasteiger partial charge in [-0.3, -0.25) is 0 Å². The van der Waals surface area contributed by atoms with Crippen LogP contribution in [0.4, 0.5) is 0 Å². The molecular formula is C17H28O. The van der Waals surface area contributed by atoms with Crippen molar-refractivity contribution in [1.29, 1.82) is 0 Å². The van der Waals surface area contributed by atoms with Crippen molar-refractivity contribution >= 4 is 0 Å². The molecule has 1 N–H and O–H groups in total. The van der Waals surface area contributed by atoms with Crippen molar-refractivity contribution < 1.29 is 5.11 Å². The number of aliphatic hydroxyl groups is 1. The van der Waals surface area contributed by atoms with Crippen LogP contribution in [0.1, 0.15) is 64.7 Å². The molecule has 0 radical (unpaired) electrons. The summed E-state index contributed by atoms with van der Waals surface area (Å²) >= 11 is 0. The highest BCUT2D eigenvalue weighted by atomic mass is 16.3. The summed E-state index contributed by atoms with van der Waals surface area (Å²) in [5.41, 5.74) is 0.709. The first kappa shape index (κ1) is 11.8. The highest BCUT2D eigenvalue weighted by Crippen LogP contribution is 2.65. The molecule has 7 atom stereocenters. The molecule has 0 amide bonds. The Kier molecular flexibility index (Phi) is 2.60. The normalized spacial score (nSPS) is 59.0. The quantitative estimate of drug-likeness (QED) is 0.687. The van der Waals surface area contributed by atoms with Gasteiger partial charge in [0.25, 0.3) is 0 Å². The molecule has 4 aliphatic carbocycles. The van der Waals surface area contributed by atoms with Crippen molar-refractivity contribution in [1.82, 2.24) is 0 Å². The van der Waals surface area contributed by atoms with E-state index >= 15 is 0 Å². The predicted molar refractivity (Wildman–Crippen MR) is 73.1 cm³/mol.